The first-order valence-corrected chi connectivity index (χ1v) is 11.1. The van der Waals surface area contributed by atoms with Crippen molar-refractivity contribution in [1.29, 1.82) is 0 Å². The van der Waals surface area contributed by atoms with Crippen LogP contribution in [0.2, 0.25) is 0 Å². The molecule has 176 valence electrons. The van der Waals surface area contributed by atoms with E-state index in [1.807, 2.05) is 44.2 Å². The number of nitrogens with one attached hydrogen (secondary N) is 2. The van der Waals surface area contributed by atoms with Gasteiger partial charge in [-0.25, -0.2) is 0 Å². The van der Waals surface area contributed by atoms with Crippen LogP contribution >= 0.6 is 0 Å². The second-order valence-electron chi connectivity index (χ2n) is 8.43. The van der Waals surface area contributed by atoms with Crippen molar-refractivity contribution in [2.75, 3.05) is 6.54 Å². The molecule has 1 aromatic carbocycles. The van der Waals surface area contributed by atoms with Gasteiger partial charge < -0.3 is 26.4 Å². The van der Waals surface area contributed by atoms with Crippen molar-refractivity contribution >= 4 is 23.7 Å². The molecule has 5 atom stereocenters. The number of carboxylic acid groups (broad SMARTS) is 1. The fourth-order valence-electron chi connectivity index (χ4n) is 3.76. The van der Waals surface area contributed by atoms with Crippen molar-refractivity contribution in [2.45, 2.75) is 70.6 Å². The number of benzene rings is 1. The molecule has 1 heterocycles. The highest BCUT2D eigenvalue weighted by Crippen LogP contribution is 2.21. The van der Waals surface area contributed by atoms with Crippen LogP contribution in [0.5, 0.6) is 0 Å². The van der Waals surface area contributed by atoms with E-state index in [-0.39, 0.29) is 11.8 Å². The summed E-state index contributed by atoms with van der Waals surface area (Å²) < 4.78 is 0. The molecular weight excluding hydrogens is 412 g/mol. The monoisotopic (exact) mass is 446 g/mol. The Balaban J connectivity index is 2.10. The number of aliphatic carboxylic acids is 1. The molecule has 1 aliphatic heterocycles. The molecule has 1 aromatic rings. The maximum absolute atomic E-state index is 13.4. The zero-order valence-electron chi connectivity index (χ0n) is 18.9. The molecule has 2 rings (SSSR count). The molecule has 5 unspecified atom stereocenters. The van der Waals surface area contributed by atoms with Gasteiger partial charge in [-0.05, 0) is 37.7 Å². The van der Waals surface area contributed by atoms with Gasteiger partial charge in [-0.2, -0.15) is 0 Å². The predicted octanol–water partition coefficient (Wildman–Crippen LogP) is 0.668. The highest BCUT2D eigenvalue weighted by atomic mass is 16.4. The van der Waals surface area contributed by atoms with Gasteiger partial charge >= 0.3 is 5.97 Å². The van der Waals surface area contributed by atoms with Crippen molar-refractivity contribution in [1.82, 2.24) is 15.5 Å². The predicted molar refractivity (Wildman–Crippen MR) is 119 cm³/mol. The van der Waals surface area contributed by atoms with Gasteiger partial charge in [0.15, 0.2) is 0 Å². The van der Waals surface area contributed by atoms with E-state index in [2.05, 4.69) is 10.6 Å². The molecule has 0 radical (unpaired) electrons. The zero-order valence-corrected chi connectivity index (χ0v) is 18.9. The van der Waals surface area contributed by atoms with Gasteiger partial charge in [0.05, 0.1) is 6.04 Å². The Hall–Kier alpha value is -2.94. The molecular formula is C23H34N4O5. The molecule has 1 saturated heterocycles. The maximum atomic E-state index is 13.4. The molecule has 3 amide bonds. The molecule has 1 aliphatic rings. The highest BCUT2D eigenvalue weighted by molar-refractivity contribution is 5.94. The lowest BCUT2D eigenvalue weighted by Gasteiger charge is -2.32. The minimum absolute atomic E-state index is 0.169. The number of rotatable bonds is 10. The Morgan fingerprint density at radius 3 is 2.41 bits per heavy atom. The summed E-state index contributed by atoms with van der Waals surface area (Å²) in [5, 5.41) is 14.3. The normalized spacial score (nSPS) is 19.5. The topological polar surface area (TPSA) is 142 Å². The number of amides is 3. The third kappa shape index (κ3) is 6.53. The Morgan fingerprint density at radius 1 is 1.16 bits per heavy atom. The molecule has 5 N–H and O–H groups in total. The van der Waals surface area contributed by atoms with Gasteiger partial charge in [-0.1, -0.05) is 50.6 Å². The summed E-state index contributed by atoms with van der Waals surface area (Å²) in [6, 6.07) is 5.94. The smallest absolute Gasteiger partial charge is 0.325 e. The number of carboxylic acids is 1. The molecule has 0 aromatic heterocycles. The first-order valence-electron chi connectivity index (χ1n) is 11.1. The quantitative estimate of drug-likeness (QED) is 0.416. The molecule has 0 saturated carbocycles. The molecule has 32 heavy (non-hydrogen) atoms. The minimum atomic E-state index is -1.15. The Kier molecular flexibility index (Phi) is 9.19. The molecule has 9 nitrogen and oxygen atoms in total. The second kappa shape index (κ2) is 11.6. The van der Waals surface area contributed by atoms with E-state index in [0.29, 0.717) is 32.2 Å². The van der Waals surface area contributed by atoms with Crippen LogP contribution in [0.4, 0.5) is 0 Å². The van der Waals surface area contributed by atoms with E-state index in [0.717, 1.165) is 5.56 Å². The van der Waals surface area contributed by atoms with Crippen molar-refractivity contribution in [2.24, 2.45) is 11.7 Å². The number of nitrogens with zero attached hydrogens (tertiary/aromatic N) is 1. The summed E-state index contributed by atoms with van der Waals surface area (Å²) >= 11 is 0. The minimum Gasteiger partial charge on any atom is -0.480 e. The highest BCUT2D eigenvalue weighted by Gasteiger charge is 2.40. The number of carbonyl (C=O) groups is 4. The van der Waals surface area contributed by atoms with E-state index in [1.165, 1.54) is 11.8 Å². The van der Waals surface area contributed by atoms with Crippen LogP contribution in [0.25, 0.3) is 0 Å². The van der Waals surface area contributed by atoms with Gasteiger partial charge in [-0.15, -0.1) is 0 Å². The number of likely N-dealkylation sites (tertiary alicyclic amines) is 1. The van der Waals surface area contributed by atoms with E-state index < -0.39 is 42.0 Å². The van der Waals surface area contributed by atoms with Crippen molar-refractivity contribution < 1.29 is 24.3 Å². The lowest BCUT2D eigenvalue weighted by molar-refractivity contribution is -0.145. The van der Waals surface area contributed by atoms with Gasteiger partial charge in [0.25, 0.3) is 0 Å². The van der Waals surface area contributed by atoms with E-state index >= 15 is 0 Å². The lowest BCUT2D eigenvalue weighted by Crippen LogP contribution is -2.58. The summed E-state index contributed by atoms with van der Waals surface area (Å²) in [5.41, 5.74) is 7.02. The van der Waals surface area contributed by atoms with Crippen LogP contribution in [0.1, 0.15) is 45.6 Å². The standard InChI is InChI=1S/C23H34N4O5/c1-4-14(2)19(26-20(28)17(24)13-16-9-6-5-7-10-16)22(30)27-12-8-11-18(27)21(29)25-15(3)23(31)32/h5-7,9-10,14-15,17-19H,4,8,11-13,24H2,1-3H3,(H,25,29)(H,26,28)(H,31,32). The van der Waals surface area contributed by atoms with Crippen LogP contribution in [0, 0.1) is 5.92 Å². The van der Waals surface area contributed by atoms with E-state index in [4.69, 9.17) is 10.8 Å². The number of nitrogens with two attached hydrogens (primary N) is 1. The Morgan fingerprint density at radius 2 is 1.81 bits per heavy atom. The summed E-state index contributed by atoms with van der Waals surface area (Å²) in [6.07, 6.45) is 2.06. The van der Waals surface area contributed by atoms with Crippen LogP contribution in [0.3, 0.4) is 0 Å². The summed E-state index contributed by atoms with van der Waals surface area (Å²) in [6.45, 7) is 5.53. The third-order valence-corrected chi connectivity index (χ3v) is 5.98. The van der Waals surface area contributed by atoms with Gasteiger partial charge in [0.1, 0.15) is 18.1 Å². The lowest BCUT2D eigenvalue weighted by atomic mass is 9.96. The number of carbonyl (C=O) groups excluding carboxylic acids is 3. The van der Waals surface area contributed by atoms with Crippen LogP contribution < -0.4 is 16.4 Å². The average Bonchev–Trinajstić information content (AvgIpc) is 3.27. The fourth-order valence-corrected chi connectivity index (χ4v) is 3.76. The number of hydrogen-bond acceptors (Lipinski definition) is 5. The Labute approximate surface area is 188 Å². The first kappa shape index (κ1) is 25.3. The van der Waals surface area contributed by atoms with Crippen molar-refractivity contribution in [3.05, 3.63) is 35.9 Å². The second-order valence-corrected chi connectivity index (χ2v) is 8.43. The Bertz CT molecular complexity index is 816. The van der Waals surface area contributed by atoms with Gasteiger partial charge in [0.2, 0.25) is 17.7 Å². The van der Waals surface area contributed by atoms with E-state index in [9.17, 15) is 19.2 Å². The molecule has 0 aliphatic carbocycles. The average molecular weight is 447 g/mol. The maximum Gasteiger partial charge on any atom is 0.325 e. The van der Waals surface area contributed by atoms with Gasteiger partial charge in [0, 0.05) is 6.54 Å². The van der Waals surface area contributed by atoms with Crippen LogP contribution in [-0.2, 0) is 25.6 Å². The van der Waals surface area contributed by atoms with Crippen molar-refractivity contribution in [3.8, 4) is 0 Å². The molecule has 1 fully saturated rings. The fraction of sp³-hybridized carbons (Fsp3) is 0.565. The SMILES string of the molecule is CCC(C)C(NC(=O)C(N)Cc1ccccc1)C(=O)N1CCCC1C(=O)NC(C)C(=O)O. The summed E-state index contributed by atoms with van der Waals surface area (Å²) in [7, 11) is 0. The summed E-state index contributed by atoms with van der Waals surface area (Å²) in [4.78, 5) is 51.3. The molecule has 0 spiro atoms. The number of hydrogen-bond donors (Lipinski definition) is 4. The molecule has 0 bridgehead atoms. The zero-order chi connectivity index (χ0) is 23.8. The van der Waals surface area contributed by atoms with Crippen LogP contribution in [-0.4, -0.2) is 64.4 Å². The molecule has 9 heteroatoms. The van der Waals surface area contributed by atoms with Crippen molar-refractivity contribution in [3.63, 3.8) is 0 Å². The van der Waals surface area contributed by atoms with E-state index in [1.54, 1.807) is 0 Å². The first-order chi connectivity index (χ1) is 15.1. The largest absolute Gasteiger partial charge is 0.480 e. The van der Waals surface area contributed by atoms with Gasteiger partial charge in [-0.3, -0.25) is 19.2 Å². The third-order valence-electron chi connectivity index (χ3n) is 5.98. The van der Waals surface area contributed by atoms with Crippen LogP contribution in [0.15, 0.2) is 30.3 Å². The summed E-state index contributed by atoms with van der Waals surface area (Å²) in [5.74, 6) is -2.59.